The number of amidine groups is 1. The molecule has 0 aromatic carbocycles. The highest BCUT2D eigenvalue weighted by Gasteiger charge is 2.28. The van der Waals surface area contributed by atoms with Crippen LogP contribution in [0.25, 0.3) is 0 Å². The monoisotopic (exact) mass is 330 g/mol. The van der Waals surface area contributed by atoms with Gasteiger partial charge in [-0.15, -0.1) is 11.3 Å². The normalized spacial score (nSPS) is 23.1. The number of aliphatic imine (C=N–C) groups is 1. The van der Waals surface area contributed by atoms with Crippen LogP contribution in [-0.4, -0.2) is 63.8 Å². The van der Waals surface area contributed by atoms with Crippen LogP contribution >= 0.6 is 34.7 Å². The zero-order valence-corrected chi connectivity index (χ0v) is 13.5. The quantitative estimate of drug-likeness (QED) is 0.790. The summed E-state index contributed by atoms with van der Waals surface area (Å²) in [7, 11) is 0. The second kappa shape index (κ2) is 5.91. The van der Waals surface area contributed by atoms with Gasteiger partial charge < -0.3 is 9.80 Å². The van der Waals surface area contributed by atoms with E-state index < -0.39 is 0 Å². The lowest BCUT2D eigenvalue weighted by Gasteiger charge is -2.35. The maximum absolute atomic E-state index is 12.3. The maximum Gasteiger partial charge on any atom is 0.267 e. The second-order valence-corrected chi connectivity index (χ2v) is 7.42. The number of carbonyl (C=O) groups excluding carboxylic acids is 1. The highest BCUT2D eigenvalue weighted by Crippen LogP contribution is 2.25. The van der Waals surface area contributed by atoms with E-state index in [0.29, 0.717) is 28.4 Å². The van der Waals surface area contributed by atoms with E-state index in [1.807, 2.05) is 16.7 Å². The summed E-state index contributed by atoms with van der Waals surface area (Å²) >= 11 is 9.05. The minimum absolute atomic E-state index is 0.00784. The van der Waals surface area contributed by atoms with Crippen LogP contribution in [0.15, 0.2) is 10.5 Å². The van der Waals surface area contributed by atoms with Crippen molar-refractivity contribution in [3.05, 3.63) is 15.5 Å². The topological polar surface area (TPSA) is 48.8 Å². The Morgan fingerprint density at radius 2 is 2.15 bits per heavy atom. The van der Waals surface area contributed by atoms with Crippen LogP contribution in [0.5, 0.6) is 0 Å². The molecule has 3 heterocycles. The molecule has 20 heavy (non-hydrogen) atoms. The predicted molar refractivity (Wildman–Crippen MR) is 84.0 cm³/mol. The van der Waals surface area contributed by atoms with Crippen molar-refractivity contribution >= 4 is 45.8 Å². The van der Waals surface area contributed by atoms with Gasteiger partial charge in [-0.05, 0) is 0 Å². The van der Waals surface area contributed by atoms with Gasteiger partial charge in [0.2, 0.25) is 0 Å². The van der Waals surface area contributed by atoms with Gasteiger partial charge in [0, 0.05) is 31.4 Å². The van der Waals surface area contributed by atoms with E-state index in [-0.39, 0.29) is 5.91 Å². The van der Waals surface area contributed by atoms with E-state index in [4.69, 9.17) is 11.6 Å². The summed E-state index contributed by atoms with van der Waals surface area (Å²) in [6, 6.07) is 0. The first-order valence-electron chi connectivity index (χ1n) is 6.49. The molecule has 2 aliphatic heterocycles. The molecule has 0 aliphatic carbocycles. The Kier molecular flexibility index (Phi) is 4.18. The Morgan fingerprint density at radius 3 is 2.70 bits per heavy atom. The third-order valence-corrected chi connectivity index (χ3v) is 5.71. The second-order valence-electron chi connectivity index (χ2n) is 4.80. The molecule has 1 fully saturated rings. The molecule has 0 bridgehead atoms. The van der Waals surface area contributed by atoms with Crippen molar-refractivity contribution in [1.82, 2.24) is 14.8 Å². The number of halogens is 1. The van der Waals surface area contributed by atoms with Gasteiger partial charge in [0.05, 0.1) is 12.1 Å². The number of aromatic nitrogens is 1. The molecule has 0 N–H and O–H groups in total. The molecule has 1 amide bonds. The Morgan fingerprint density at radius 1 is 1.40 bits per heavy atom. The first kappa shape index (κ1) is 14.2. The first-order valence-corrected chi connectivity index (χ1v) is 8.63. The zero-order chi connectivity index (χ0) is 14.1. The number of thiazole rings is 1. The summed E-state index contributed by atoms with van der Waals surface area (Å²) in [6.45, 7) is 6.17. The molecule has 108 valence electrons. The van der Waals surface area contributed by atoms with Gasteiger partial charge in [0.25, 0.3) is 5.91 Å². The average molecular weight is 331 g/mol. The summed E-state index contributed by atoms with van der Waals surface area (Å²) in [5.41, 5.74) is 1.61. The average Bonchev–Trinajstić information content (AvgIpc) is 3.07. The van der Waals surface area contributed by atoms with Crippen molar-refractivity contribution in [2.45, 2.75) is 12.2 Å². The summed E-state index contributed by atoms with van der Waals surface area (Å²) in [4.78, 5) is 25.4. The zero-order valence-electron chi connectivity index (χ0n) is 11.1. The molecule has 0 saturated carbocycles. The van der Waals surface area contributed by atoms with Crippen molar-refractivity contribution in [1.29, 1.82) is 0 Å². The lowest BCUT2D eigenvalue weighted by Crippen LogP contribution is -2.49. The number of piperazine rings is 1. The number of hydrogen-bond donors (Lipinski definition) is 0. The van der Waals surface area contributed by atoms with Crippen LogP contribution in [0.1, 0.15) is 16.6 Å². The number of thioether (sulfide) groups is 1. The van der Waals surface area contributed by atoms with Gasteiger partial charge in [-0.3, -0.25) is 9.79 Å². The molecule has 5 nitrogen and oxygen atoms in total. The van der Waals surface area contributed by atoms with Gasteiger partial charge in [0.1, 0.15) is 4.88 Å². The van der Waals surface area contributed by atoms with Gasteiger partial charge in [-0.2, -0.15) is 0 Å². The summed E-state index contributed by atoms with van der Waals surface area (Å²) in [5.74, 6) is -0.00784. The fraction of sp³-hybridized carbons (Fsp3) is 0.583. The van der Waals surface area contributed by atoms with Crippen molar-refractivity contribution in [2.24, 2.45) is 4.99 Å². The van der Waals surface area contributed by atoms with Gasteiger partial charge in [-0.25, -0.2) is 4.98 Å². The molecule has 0 radical (unpaired) electrons. The van der Waals surface area contributed by atoms with Crippen LogP contribution in [0.3, 0.4) is 0 Å². The molecule has 3 rings (SSSR count). The van der Waals surface area contributed by atoms with E-state index in [1.165, 1.54) is 11.3 Å². The molecular formula is C12H15ClN4OS2. The lowest BCUT2D eigenvalue weighted by molar-refractivity contribution is 0.0698. The summed E-state index contributed by atoms with van der Waals surface area (Å²) in [6.07, 6.45) is 0. The number of nitrogens with zero attached hydrogens (tertiary/aromatic N) is 4. The van der Waals surface area contributed by atoms with Gasteiger partial charge >= 0.3 is 0 Å². The maximum atomic E-state index is 12.3. The highest BCUT2D eigenvalue weighted by atomic mass is 35.5. The minimum atomic E-state index is -0.00784. The van der Waals surface area contributed by atoms with Crippen LogP contribution in [0.4, 0.5) is 0 Å². The van der Waals surface area contributed by atoms with Crippen LogP contribution in [0.2, 0.25) is 5.15 Å². The molecule has 2 aliphatic rings. The molecule has 1 saturated heterocycles. The fourth-order valence-electron chi connectivity index (χ4n) is 2.25. The molecular weight excluding hydrogens is 316 g/mol. The Labute approximate surface area is 131 Å². The molecule has 1 atom stereocenters. The van der Waals surface area contributed by atoms with Crippen molar-refractivity contribution < 1.29 is 4.79 Å². The van der Waals surface area contributed by atoms with E-state index in [2.05, 4.69) is 21.8 Å². The van der Waals surface area contributed by atoms with Crippen molar-refractivity contribution in [2.75, 3.05) is 32.7 Å². The van der Waals surface area contributed by atoms with E-state index in [0.717, 1.165) is 24.8 Å². The number of carbonyl (C=O) groups is 1. The molecule has 1 unspecified atom stereocenters. The fourth-order valence-corrected chi connectivity index (χ4v) is 4.21. The molecule has 1 aromatic rings. The van der Waals surface area contributed by atoms with E-state index in [9.17, 15) is 4.79 Å². The highest BCUT2D eigenvalue weighted by molar-refractivity contribution is 8.14. The smallest absolute Gasteiger partial charge is 0.267 e. The Bertz CT molecular complexity index is 539. The Hall–Kier alpha value is -0.790. The largest absolute Gasteiger partial charge is 0.348 e. The van der Waals surface area contributed by atoms with Crippen LogP contribution in [0, 0.1) is 0 Å². The van der Waals surface area contributed by atoms with E-state index in [1.54, 1.807) is 5.51 Å². The lowest BCUT2D eigenvalue weighted by atomic mass is 10.3. The Balaban J connectivity index is 1.59. The molecule has 0 spiro atoms. The van der Waals surface area contributed by atoms with Crippen molar-refractivity contribution in [3.8, 4) is 0 Å². The third kappa shape index (κ3) is 2.80. The number of rotatable bonds is 1. The van der Waals surface area contributed by atoms with Crippen LogP contribution < -0.4 is 0 Å². The number of hydrogen-bond acceptors (Lipinski definition) is 6. The SMILES string of the molecule is CC1CN=C(N2CCN(C(=O)c3scnc3Cl)CC2)S1. The standard InChI is InChI=1S/C12H15ClN4OS2/c1-8-6-14-12(20-8)17-4-2-16(3-5-17)11(18)9-10(13)15-7-19-9/h7-8H,2-6H2,1H3. The number of amides is 1. The minimum Gasteiger partial charge on any atom is -0.348 e. The molecule has 8 heteroatoms. The summed E-state index contributed by atoms with van der Waals surface area (Å²) in [5, 5.41) is 2.01. The molecule has 1 aromatic heterocycles. The van der Waals surface area contributed by atoms with E-state index >= 15 is 0 Å². The predicted octanol–water partition coefficient (Wildman–Crippen LogP) is 2.05. The third-order valence-electron chi connectivity index (χ3n) is 3.35. The first-order chi connectivity index (χ1) is 9.65. The summed E-state index contributed by atoms with van der Waals surface area (Å²) < 4.78 is 0. The van der Waals surface area contributed by atoms with Gasteiger partial charge in [-0.1, -0.05) is 30.3 Å². The van der Waals surface area contributed by atoms with Crippen LogP contribution in [-0.2, 0) is 0 Å². The van der Waals surface area contributed by atoms with Gasteiger partial charge in [0.15, 0.2) is 10.3 Å². The van der Waals surface area contributed by atoms with Crippen molar-refractivity contribution in [3.63, 3.8) is 0 Å².